The van der Waals surface area contributed by atoms with Gasteiger partial charge in [0.05, 0.1) is 17.7 Å². The average molecular weight is 404 g/mol. The van der Waals surface area contributed by atoms with E-state index in [-0.39, 0.29) is 5.92 Å². The van der Waals surface area contributed by atoms with E-state index in [0.29, 0.717) is 12.5 Å². The van der Waals surface area contributed by atoms with Gasteiger partial charge < -0.3 is 9.84 Å². The molecule has 156 valence electrons. The van der Waals surface area contributed by atoms with Crippen molar-refractivity contribution in [3.05, 3.63) is 72.8 Å². The van der Waals surface area contributed by atoms with E-state index in [1.54, 1.807) is 13.8 Å². The minimum atomic E-state index is -0.763. The maximum atomic E-state index is 11.4. The van der Waals surface area contributed by atoms with Crippen molar-refractivity contribution >= 4 is 5.97 Å². The molecule has 3 aromatic rings. The minimum Gasteiger partial charge on any atom is -0.481 e. The summed E-state index contributed by atoms with van der Waals surface area (Å²) in [6.45, 7) is 6.03. The van der Waals surface area contributed by atoms with E-state index < -0.39 is 11.4 Å². The number of carboxylic acid groups (broad SMARTS) is 1. The highest BCUT2D eigenvalue weighted by atomic mass is 16.5. The second-order valence-electron chi connectivity index (χ2n) is 8.23. The molecule has 4 heteroatoms. The van der Waals surface area contributed by atoms with Crippen molar-refractivity contribution in [3.63, 3.8) is 0 Å². The molecule has 1 heterocycles. The zero-order chi connectivity index (χ0) is 21.6. The number of carboxylic acids is 1. The molecule has 0 aliphatic carbocycles. The van der Waals surface area contributed by atoms with Gasteiger partial charge in [0.25, 0.3) is 0 Å². The first-order valence-electron chi connectivity index (χ1n) is 10.4. The van der Waals surface area contributed by atoms with Gasteiger partial charge in [-0.25, -0.2) is 4.98 Å². The van der Waals surface area contributed by atoms with Crippen molar-refractivity contribution in [1.29, 1.82) is 0 Å². The van der Waals surface area contributed by atoms with Crippen LogP contribution in [0.4, 0.5) is 0 Å². The summed E-state index contributed by atoms with van der Waals surface area (Å²) in [6, 6.07) is 24.3. The molecule has 0 aliphatic rings. The largest absolute Gasteiger partial charge is 0.481 e. The van der Waals surface area contributed by atoms with Crippen LogP contribution in [0.25, 0.3) is 22.4 Å². The fourth-order valence-corrected chi connectivity index (χ4v) is 3.27. The van der Waals surface area contributed by atoms with Crippen molar-refractivity contribution in [1.82, 2.24) is 4.98 Å². The van der Waals surface area contributed by atoms with Crippen LogP contribution in [-0.2, 0) is 4.79 Å². The van der Waals surface area contributed by atoms with Crippen molar-refractivity contribution in [2.45, 2.75) is 33.6 Å². The molecular weight excluding hydrogens is 374 g/mol. The molecule has 0 saturated heterocycles. The number of hydrogen-bond donors (Lipinski definition) is 1. The lowest BCUT2D eigenvalue weighted by atomic mass is 9.78. The second-order valence-corrected chi connectivity index (χ2v) is 8.23. The van der Waals surface area contributed by atoms with Crippen molar-refractivity contribution in [2.75, 3.05) is 6.61 Å². The number of pyridine rings is 1. The Balaban J connectivity index is 1.75. The maximum Gasteiger partial charge on any atom is 0.309 e. The van der Waals surface area contributed by atoms with E-state index in [1.807, 2.05) is 61.5 Å². The third-order valence-corrected chi connectivity index (χ3v) is 5.79. The molecule has 0 spiro atoms. The van der Waals surface area contributed by atoms with Crippen molar-refractivity contribution in [3.8, 4) is 28.3 Å². The van der Waals surface area contributed by atoms with E-state index >= 15 is 0 Å². The predicted octanol–water partition coefficient (Wildman–Crippen LogP) is 6.32. The Morgan fingerprint density at radius 1 is 0.967 bits per heavy atom. The highest BCUT2D eigenvalue weighted by Crippen LogP contribution is 2.31. The second kappa shape index (κ2) is 9.57. The molecule has 0 bridgehead atoms. The molecule has 0 radical (unpaired) electrons. The molecule has 0 aliphatic heterocycles. The zero-order valence-electron chi connectivity index (χ0n) is 17.8. The molecule has 0 amide bonds. The Kier molecular flexibility index (Phi) is 6.88. The summed E-state index contributed by atoms with van der Waals surface area (Å²) < 4.78 is 6.00. The van der Waals surface area contributed by atoms with Gasteiger partial charge in [-0.15, -0.1) is 0 Å². The number of ether oxygens (including phenoxy) is 1. The standard InChI is InChI=1S/C26H29NO3/c1-19(26(2,3)25(28)29)11-10-16-30-24-18-22(20-12-6-4-7-13-20)17-23(27-24)21-14-8-5-9-15-21/h4-9,12-15,17-19H,10-11,16H2,1-3H3,(H,28,29). The molecule has 4 nitrogen and oxygen atoms in total. The molecule has 3 rings (SSSR count). The molecule has 1 N–H and O–H groups in total. The van der Waals surface area contributed by atoms with Crippen LogP contribution in [0.15, 0.2) is 72.8 Å². The van der Waals surface area contributed by atoms with Crippen LogP contribution in [0.5, 0.6) is 5.88 Å². The highest BCUT2D eigenvalue weighted by Gasteiger charge is 2.33. The summed E-state index contributed by atoms with van der Waals surface area (Å²) in [5.41, 5.74) is 3.33. The van der Waals surface area contributed by atoms with E-state index in [4.69, 9.17) is 9.72 Å². The fourth-order valence-electron chi connectivity index (χ4n) is 3.27. The molecule has 0 saturated carbocycles. The number of benzene rings is 2. The Hall–Kier alpha value is -3.14. The number of aliphatic carboxylic acids is 1. The van der Waals surface area contributed by atoms with E-state index in [2.05, 4.69) is 18.2 Å². The third-order valence-electron chi connectivity index (χ3n) is 5.79. The van der Waals surface area contributed by atoms with Gasteiger partial charge in [-0.05, 0) is 49.8 Å². The maximum absolute atomic E-state index is 11.4. The van der Waals surface area contributed by atoms with Crippen LogP contribution in [0.1, 0.15) is 33.6 Å². The lowest BCUT2D eigenvalue weighted by Crippen LogP contribution is -2.31. The van der Waals surface area contributed by atoms with E-state index in [9.17, 15) is 9.90 Å². The lowest BCUT2D eigenvalue weighted by molar-refractivity contribution is -0.149. The molecular formula is C26H29NO3. The van der Waals surface area contributed by atoms with E-state index in [0.717, 1.165) is 35.2 Å². The minimum absolute atomic E-state index is 0.0575. The molecule has 2 aromatic carbocycles. The predicted molar refractivity (Wildman–Crippen MR) is 120 cm³/mol. The van der Waals surface area contributed by atoms with Crippen LogP contribution in [0.2, 0.25) is 0 Å². The summed E-state index contributed by atoms with van der Waals surface area (Å²) in [6.07, 6.45) is 1.55. The van der Waals surface area contributed by atoms with Crippen LogP contribution in [-0.4, -0.2) is 22.7 Å². The first-order chi connectivity index (χ1) is 14.4. The SMILES string of the molecule is CC(CCCOc1cc(-c2ccccc2)cc(-c2ccccc2)n1)C(C)(C)C(=O)O. The van der Waals surface area contributed by atoms with Gasteiger partial charge in [0, 0.05) is 11.6 Å². The van der Waals surface area contributed by atoms with Gasteiger partial charge in [0.2, 0.25) is 5.88 Å². The Morgan fingerprint density at radius 2 is 1.57 bits per heavy atom. The third kappa shape index (κ3) is 5.26. The van der Waals surface area contributed by atoms with Gasteiger partial charge in [0.1, 0.15) is 0 Å². The van der Waals surface area contributed by atoms with Crippen LogP contribution < -0.4 is 4.74 Å². The molecule has 1 unspecified atom stereocenters. The molecule has 30 heavy (non-hydrogen) atoms. The lowest BCUT2D eigenvalue weighted by Gasteiger charge is -2.27. The summed E-state index contributed by atoms with van der Waals surface area (Å²) in [7, 11) is 0. The fraction of sp³-hybridized carbons (Fsp3) is 0.308. The van der Waals surface area contributed by atoms with Crippen molar-refractivity contribution < 1.29 is 14.6 Å². The van der Waals surface area contributed by atoms with Gasteiger partial charge in [-0.2, -0.15) is 0 Å². The Morgan fingerprint density at radius 3 is 2.17 bits per heavy atom. The van der Waals surface area contributed by atoms with Crippen LogP contribution >= 0.6 is 0 Å². The Labute approximate surface area is 178 Å². The highest BCUT2D eigenvalue weighted by molar-refractivity contribution is 5.74. The number of aromatic nitrogens is 1. The van der Waals surface area contributed by atoms with Crippen LogP contribution in [0.3, 0.4) is 0 Å². The molecule has 1 atom stereocenters. The van der Waals surface area contributed by atoms with Crippen LogP contribution in [0, 0.1) is 11.3 Å². The number of carbonyl (C=O) groups is 1. The first kappa shape index (κ1) is 21.6. The topological polar surface area (TPSA) is 59.4 Å². The number of nitrogens with zero attached hydrogens (tertiary/aromatic N) is 1. The molecule has 0 fully saturated rings. The monoisotopic (exact) mass is 403 g/mol. The number of rotatable bonds is 9. The van der Waals surface area contributed by atoms with Crippen molar-refractivity contribution in [2.24, 2.45) is 11.3 Å². The smallest absolute Gasteiger partial charge is 0.309 e. The summed E-state index contributed by atoms with van der Waals surface area (Å²) >= 11 is 0. The summed E-state index contributed by atoms with van der Waals surface area (Å²) in [4.78, 5) is 16.1. The van der Waals surface area contributed by atoms with E-state index in [1.165, 1.54) is 0 Å². The number of hydrogen-bond acceptors (Lipinski definition) is 3. The first-order valence-corrected chi connectivity index (χ1v) is 10.4. The van der Waals surface area contributed by atoms with Gasteiger partial charge in [-0.1, -0.05) is 67.6 Å². The van der Waals surface area contributed by atoms with Gasteiger partial charge in [0.15, 0.2) is 0 Å². The quantitative estimate of drug-likeness (QED) is 0.425. The zero-order valence-corrected chi connectivity index (χ0v) is 17.8. The van der Waals surface area contributed by atoms with Gasteiger partial charge in [-0.3, -0.25) is 4.79 Å². The Bertz CT molecular complexity index is 910. The normalized spacial score (nSPS) is 12.4. The summed E-state index contributed by atoms with van der Waals surface area (Å²) in [5.74, 6) is -0.122. The average Bonchev–Trinajstić information content (AvgIpc) is 2.77. The summed E-state index contributed by atoms with van der Waals surface area (Å²) in [5, 5.41) is 9.38. The van der Waals surface area contributed by atoms with Gasteiger partial charge >= 0.3 is 5.97 Å². The molecule has 1 aromatic heterocycles.